The van der Waals surface area contributed by atoms with E-state index in [2.05, 4.69) is 47.0 Å². The third-order valence-corrected chi connectivity index (χ3v) is 3.77. The number of ether oxygens (including phenoxy) is 1. The number of hydrogen-bond acceptors (Lipinski definition) is 3. The maximum Gasteiger partial charge on any atom is 0.191 e. The van der Waals surface area contributed by atoms with Crippen molar-refractivity contribution in [1.29, 1.82) is 0 Å². The molecule has 0 aliphatic carbocycles. The molecule has 0 aliphatic heterocycles. The highest BCUT2D eigenvalue weighted by molar-refractivity contribution is 14.0. The summed E-state index contributed by atoms with van der Waals surface area (Å²) in [4.78, 5) is 4.26. The predicted molar refractivity (Wildman–Crippen MR) is 114 cm³/mol. The standard InChI is InChI=1S/C17H29N3OS.HI/c1-13(2)21-16-11-14(3)7-8-15(16)12-20-17(18-4)19-9-6-10-22-5;/h7-8,11,13H,6,9-10,12H2,1-5H3,(H2,18,19,20);1H. The number of halogens is 1. The minimum absolute atomic E-state index is 0. The molecule has 0 aromatic heterocycles. The van der Waals surface area contributed by atoms with E-state index in [9.17, 15) is 0 Å². The molecule has 4 nitrogen and oxygen atoms in total. The van der Waals surface area contributed by atoms with E-state index in [4.69, 9.17) is 4.74 Å². The Morgan fingerprint density at radius 3 is 2.65 bits per heavy atom. The number of aryl methyl sites for hydroxylation is 1. The highest BCUT2D eigenvalue weighted by Gasteiger charge is 2.07. The summed E-state index contributed by atoms with van der Waals surface area (Å²) in [5.41, 5.74) is 2.35. The van der Waals surface area contributed by atoms with Gasteiger partial charge >= 0.3 is 0 Å². The third-order valence-electron chi connectivity index (χ3n) is 3.07. The fraction of sp³-hybridized carbons (Fsp3) is 0.588. The van der Waals surface area contributed by atoms with Gasteiger partial charge in [-0.25, -0.2) is 0 Å². The third kappa shape index (κ3) is 9.30. The monoisotopic (exact) mass is 451 g/mol. The highest BCUT2D eigenvalue weighted by atomic mass is 127. The topological polar surface area (TPSA) is 45.7 Å². The minimum Gasteiger partial charge on any atom is -0.491 e. The maximum atomic E-state index is 5.90. The zero-order valence-electron chi connectivity index (χ0n) is 14.8. The molecule has 0 radical (unpaired) electrons. The van der Waals surface area contributed by atoms with Gasteiger partial charge in [-0.3, -0.25) is 4.99 Å². The predicted octanol–water partition coefficient (Wildman–Crippen LogP) is 3.82. The summed E-state index contributed by atoms with van der Waals surface area (Å²) in [6.07, 6.45) is 3.43. The molecule has 0 bridgehead atoms. The molecule has 0 atom stereocenters. The van der Waals surface area contributed by atoms with Gasteiger partial charge in [0.1, 0.15) is 5.75 Å². The van der Waals surface area contributed by atoms with E-state index in [0.717, 1.165) is 36.0 Å². The number of hydrogen-bond donors (Lipinski definition) is 2. The Kier molecular flexibility index (Phi) is 12.4. The first-order valence-electron chi connectivity index (χ1n) is 7.76. The fourth-order valence-electron chi connectivity index (χ4n) is 1.99. The van der Waals surface area contributed by atoms with Gasteiger partial charge in [-0.05, 0) is 50.8 Å². The van der Waals surface area contributed by atoms with Crippen LogP contribution in [0.25, 0.3) is 0 Å². The van der Waals surface area contributed by atoms with Crippen LogP contribution < -0.4 is 15.4 Å². The zero-order chi connectivity index (χ0) is 16.4. The second-order valence-electron chi connectivity index (χ2n) is 5.48. The Morgan fingerprint density at radius 1 is 1.30 bits per heavy atom. The van der Waals surface area contributed by atoms with Crippen LogP contribution in [-0.2, 0) is 6.54 Å². The molecule has 0 unspecified atom stereocenters. The van der Waals surface area contributed by atoms with Crippen molar-refractivity contribution in [2.45, 2.75) is 39.8 Å². The van der Waals surface area contributed by atoms with Crippen LogP contribution in [0.1, 0.15) is 31.4 Å². The first-order chi connectivity index (χ1) is 10.6. The van der Waals surface area contributed by atoms with Gasteiger partial charge in [-0.2, -0.15) is 11.8 Å². The van der Waals surface area contributed by atoms with E-state index >= 15 is 0 Å². The van der Waals surface area contributed by atoms with Gasteiger partial charge in [0.05, 0.1) is 6.10 Å². The number of rotatable bonds is 8. The van der Waals surface area contributed by atoms with Crippen LogP contribution in [0, 0.1) is 6.92 Å². The Morgan fingerprint density at radius 2 is 2.04 bits per heavy atom. The fourth-order valence-corrected chi connectivity index (χ4v) is 2.43. The molecule has 1 aromatic carbocycles. The second-order valence-corrected chi connectivity index (χ2v) is 6.46. The quantitative estimate of drug-likeness (QED) is 0.273. The van der Waals surface area contributed by atoms with E-state index in [1.807, 2.05) is 25.6 Å². The summed E-state index contributed by atoms with van der Waals surface area (Å²) in [5, 5.41) is 6.68. The smallest absolute Gasteiger partial charge is 0.191 e. The normalized spacial score (nSPS) is 11.1. The molecule has 0 aliphatic rings. The number of aliphatic imine (C=N–C) groups is 1. The summed E-state index contributed by atoms with van der Waals surface area (Å²) in [7, 11) is 1.80. The van der Waals surface area contributed by atoms with Gasteiger partial charge in [0, 0.05) is 25.7 Å². The molecule has 23 heavy (non-hydrogen) atoms. The lowest BCUT2D eigenvalue weighted by molar-refractivity contribution is 0.239. The molecule has 0 fully saturated rings. The molecule has 0 heterocycles. The Hall–Kier alpha value is -0.630. The second kappa shape index (κ2) is 12.8. The van der Waals surface area contributed by atoms with E-state index in [-0.39, 0.29) is 30.1 Å². The van der Waals surface area contributed by atoms with E-state index in [0.29, 0.717) is 6.54 Å². The van der Waals surface area contributed by atoms with Crippen LogP contribution >= 0.6 is 35.7 Å². The van der Waals surface area contributed by atoms with Crippen molar-refractivity contribution >= 4 is 41.7 Å². The largest absolute Gasteiger partial charge is 0.491 e. The Bertz CT molecular complexity index is 481. The lowest BCUT2D eigenvalue weighted by Crippen LogP contribution is -2.37. The number of benzene rings is 1. The van der Waals surface area contributed by atoms with Gasteiger partial charge in [-0.15, -0.1) is 24.0 Å². The van der Waals surface area contributed by atoms with Gasteiger partial charge in [0.25, 0.3) is 0 Å². The molecule has 2 N–H and O–H groups in total. The van der Waals surface area contributed by atoms with Crippen molar-refractivity contribution in [2.75, 3.05) is 25.6 Å². The van der Waals surface area contributed by atoms with E-state index in [1.165, 1.54) is 5.56 Å². The lowest BCUT2D eigenvalue weighted by atomic mass is 10.1. The van der Waals surface area contributed by atoms with Crippen LogP contribution in [0.5, 0.6) is 5.75 Å². The number of thioether (sulfide) groups is 1. The average molecular weight is 451 g/mol. The minimum atomic E-state index is 0. The molecule has 1 aromatic rings. The molecular formula is C17H30IN3OS. The molecule has 0 spiro atoms. The maximum absolute atomic E-state index is 5.90. The highest BCUT2D eigenvalue weighted by Crippen LogP contribution is 2.21. The molecule has 1 rings (SSSR count). The molecule has 6 heteroatoms. The van der Waals surface area contributed by atoms with Gasteiger partial charge < -0.3 is 15.4 Å². The van der Waals surface area contributed by atoms with Crippen molar-refractivity contribution in [3.05, 3.63) is 29.3 Å². The Labute approximate surface area is 162 Å². The number of guanidine groups is 1. The van der Waals surface area contributed by atoms with Crippen molar-refractivity contribution in [2.24, 2.45) is 4.99 Å². The summed E-state index contributed by atoms with van der Waals surface area (Å²) in [6.45, 7) is 7.81. The van der Waals surface area contributed by atoms with Crippen LogP contribution in [0.4, 0.5) is 0 Å². The summed E-state index contributed by atoms with van der Waals surface area (Å²) >= 11 is 1.86. The van der Waals surface area contributed by atoms with Crippen molar-refractivity contribution in [1.82, 2.24) is 10.6 Å². The summed E-state index contributed by atoms with van der Waals surface area (Å²) in [5.74, 6) is 2.94. The van der Waals surface area contributed by atoms with E-state index < -0.39 is 0 Å². The average Bonchev–Trinajstić information content (AvgIpc) is 2.47. The van der Waals surface area contributed by atoms with Gasteiger partial charge in [0.2, 0.25) is 0 Å². The SMILES string of the molecule is CN=C(NCCCSC)NCc1ccc(C)cc1OC(C)C.I. The molecule has 0 saturated carbocycles. The lowest BCUT2D eigenvalue weighted by Gasteiger charge is -2.17. The molecule has 0 amide bonds. The zero-order valence-corrected chi connectivity index (χ0v) is 18.0. The molecule has 0 saturated heterocycles. The van der Waals surface area contributed by atoms with Crippen LogP contribution in [0.3, 0.4) is 0 Å². The first kappa shape index (κ1) is 22.4. The molecule has 132 valence electrons. The van der Waals surface area contributed by atoms with Gasteiger partial charge in [-0.1, -0.05) is 12.1 Å². The summed E-state index contributed by atoms with van der Waals surface area (Å²) in [6, 6.07) is 6.31. The van der Waals surface area contributed by atoms with Crippen molar-refractivity contribution in [3.63, 3.8) is 0 Å². The van der Waals surface area contributed by atoms with Crippen LogP contribution in [0.2, 0.25) is 0 Å². The first-order valence-corrected chi connectivity index (χ1v) is 9.15. The van der Waals surface area contributed by atoms with E-state index in [1.54, 1.807) is 7.05 Å². The van der Waals surface area contributed by atoms with Crippen molar-refractivity contribution < 1.29 is 4.74 Å². The Balaban J connectivity index is 0.00000484. The van der Waals surface area contributed by atoms with Crippen molar-refractivity contribution in [3.8, 4) is 5.75 Å². The number of nitrogens with zero attached hydrogens (tertiary/aromatic N) is 1. The number of nitrogens with one attached hydrogen (secondary N) is 2. The van der Waals surface area contributed by atoms with Gasteiger partial charge in [0.15, 0.2) is 5.96 Å². The van der Waals surface area contributed by atoms with Crippen LogP contribution in [0.15, 0.2) is 23.2 Å². The molecular weight excluding hydrogens is 421 g/mol. The summed E-state index contributed by atoms with van der Waals surface area (Å²) < 4.78 is 5.90. The van der Waals surface area contributed by atoms with Crippen LogP contribution in [-0.4, -0.2) is 37.7 Å².